The number of fused-ring (bicyclic) bond motifs is 2. The number of phenols is 2. The highest BCUT2D eigenvalue weighted by atomic mass is 32.2. The number of anilines is 1. The zero-order valence-corrected chi connectivity index (χ0v) is 31.6. The number of aryl methyl sites for hydroxylation is 1. The molecule has 1 saturated heterocycles. The van der Waals surface area contributed by atoms with Gasteiger partial charge in [-0.15, -0.1) is 40.0 Å². The van der Waals surface area contributed by atoms with Gasteiger partial charge >= 0.3 is 5.97 Å². The second kappa shape index (κ2) is 15.3. The number of rotatable bonds is 12. The Kier molecular flexibility index (Phi) is 10.7. The molecule has 292 valence electrons. The molecule has 0 unspecified atom stereocenters. The molecule has 0 bridgehead atoms. The number of nitrogens with two attached hydrogens (primary N) is 2. The number of carboxylic acid groups (broad SMARTS) is 1. The largest absolute Gasteiger partial charge is 0.504 e. The predicted octanol–water partition coefficient (Wildman–Crippen LogP) is -0.527. The first-order valence-corrected chi connectivity index (χ1v) is 18.8. The maximum absolute atomic E-state index is 13.7. The van der Waals surface area contributed by atoms with Crippen LogP contribution in [0.5, 0.6) is 11.5 Å². The lowest BCUT2D eigenvalue weighted by atomic mass is 10.0. The van der Waals surface area contributed by atoms with Gasteiger partial charge in [0.1, 0.15) is 27.8 Å². The van der Waals surface area contributed by atoms with E-state index in [-0.39, 0.29) is 45.2 Å². The van der Waals surface area contributed by atoms with Gasteiger partial charge in [0.25, 0.3) is 35.3 Å². The summed E-state index contributed by atoms with van der Waals surface area (Å²) in [6.45, 7) is 4.26. The first-order chi connectivity index (χ1) is 26.4. The molecule has 0 saturated carbocycles. The minimum Gasteiger partial charge on any atom is -0.504 e. The van der Waals surface area contributed by atoms with Gasteiger partial charge in [0, 0.05) is 28.1 Å². The van der Waals surface area contributed by atoms with Crippen LogP contribution in [0.25, 0.3) is 5.78 Å². The third-order valence-electron chi connectivity index (χ3n) is 7.98. The van der Waals surface area contributed by atoms with Crippen LogP contribution in [0.3, 0.4) is 0 Å². The van der Waals surface area contributed by atoms with Gasteiger partial charge in [-0.05, 0) is 50.6 Å². The molecule has 22 nitrogen and oxygen atoms in total. The summed E-state index contributed by atoms with van der Waals surface area (Å²) in [6, 6.07) is 3.75. The minimum absolute atomic E-state index is 0.0530. The van der Waals surface area contributed by atoms with Gasteiger partial charge in [0.05, 0.1) is 0 Å². The van der Waals surface area contributed by atoms with E-state index in [1.54, 1.807) is 13.0 Å². The van der Waals surface area contributed by atoms with Crippen LogP contribution in [0, 0.1) is 6.92 Å². The Balaban J connectivity index is 1.14. The fourth-order valence-corrected chi connectivity index (χ4v) is 8.21. The molecule has 1 fully saturated rings. The van der Waals surface area contributed by atoms with Crippen molar-refractivity contribution >= 4 is 87.0 Å². The van der Waals surface area contributed by atoms with Crippen LogP contribution in [-0.4, -0.2) is 115 Å². The first kappa shape index (κ1) is 39.2. The number of carbonyl (C=O) groups excluding carboxylic acids is 5. The highest BCUT2D eigenvalue weighted by Gasteiger charge is 2.54. The van der Waals surface area contributed by atoms with Gasteiger partial charge in [-0.1, -0.05) is 5.16 Å². The van der Waals surface area contributed by atoms with Crippen molar-refractivity contribution in [1.29, 1.82) is 0 Å². The van der Waals surface area contributed by atoms with Crippen LogP contribution >= 0.6 is 34.9 Å². The van der Waals surface area contributed by atoms with Crippen LogP contribution in [0.2, 0.25) is 0 Å². The average molecular weight is 827 g/mol. The lowest BCUT2D eigenvalue weighted by Gasteiger charge is -2.49. The molecule has 5 heterocycles. The Labute approximate surface area is 326 Å². The highest BCUT2D eigenvalue weighted by Crippen LogP contribution is 2.41. The summed E-state index contributed by atoms with van der Waals surface area (Å²) in [5, 5.41) is 41.0. The third-order valence-corrected chi connectivity index (χ3v) is 11.1. The smallest absolute Gasteiger partial charge is 0.352 e. The zero-order chi connectivity index (χ0) is 40.6. The first-order valence-electron chi connectivity index (χ1n) is 15.9. The van der Waals surface area contributed by atoms with E-state index in [4.69, 9.17) is 16.3 Å². The van der Waals surface area contributed by atoms with Gasteiger partial charge < -0.3 is 36.9 Å². The molecular weight excluding hydrogens is 797 g/mol. The fourth-order valence-electron chi connectivity index (χ4n) is 5.13. The molecule has 2 aliphatic heterocycles. The summed E-state index contributed by atoms with van der Waals surface area (Å²) in [5.41, 5.74) is 13.7. The predicted molar refractivity (Wildman–Crippen MR) is 198 cm³/mol. The molecule has 5 amide bonds. The molecule has 25 heteroatoms. The van der Waals surface area contributed by atoms with E-state index in [9.17, 15) is 44.1 Å². The van der Waals surface area contributed by atoms with Gasteiger partial charge in [-0.3, -0.25) is 39.7 Å². The number of aromatic hydroxyl groups is 2. The topological polar surface area (TPSA) is 332 Å². The number of aromatic nitrogens is 5. The monoisotopic (exact) mass is 826 g/mol. The van der Waals surface area contributed by atoms with Crippen molar-refractivity contribution in [3.8, 4) is 11.5 Å². The fraction of sp³-hybridized carbons (Fsp3) is 0.258. The number of β-lactam (4-membered cyclic amide) rings is 1. The van der Waals surface area contributed by atoms with Crippen molar-refractivity contribution < 1.29 is 48.9 Å². The van der Waals surface area contributed by atoms with Crippen molar-refractivity contribution in [2.45, 2.75) is 42.8 Å². The van der Waals surface area contributed by atoms with E-state index in [2.05, 4.69) is 41.4 Å². The summed E-state index contributed by atoms with van der Waals surface area (Å²) in [7, 11) is 0. The normalized spacial score (nSPS) is 16.9. The third kappa shape index (κ3) is 7.85. The molecule has 4 aromatic rings. The Bertz CT molecular complexity index is 2390. The number of phenolic OH excluding ortho intramolecular Hbond substituents is 2. The van der Waals surface area contributed by atoms with Crippen LogP contribution in [0.1, 0.15) is 46.2 Å². The molecule has 6 rings (SSSR count). The number of benzene rings is 1. The van der Waals surface area contributed by atoms with Crippen molar-refractivity contribution in [3.05, 3.63) is 63.7 Å². The maximum Gasteiger partial charge on any atom is 0.352 e. The van der Waals surface area contributed by atoms with Crippen molar-refractivity contribution in [2.24, 2.45) is 10.9 Å². The van der Waals surface area contributed by atoms with Crippen LogP contribution in [0.4, 0.5) is 5.13 Å². The molecule has 0 spiro atoms. The molecule has 0 aliphatic carbocycles. The number of carbonyl (C=O) groups is 6. The number of nitrogens with one attached hydrogen (secondary N) is 3. The zero-order valence-electron chi connectivity index (χ0n) is 29.2. The Morgan fingerprint density at radius 1 is 1.11 bits per heavy atom. The summed E-state index contributed by atoms with van der Waals surface area (Å²) >= 11 is 3.38. The minimum atomic E-state index is -1.83. The van der Waals surface area contributed by atoms with Crippen LogP contribution < -0.4 is 27.6 Å². The molecule has 0 radical (unpaired) electrons. The summed E-state index contributed by atoms with van der Waals surface area (Å²) in [4.78, 5) is 95.5. The molecule has 2 aliphatic rings. The number of carboxylic acids is 1. The molecule has 1 aromatic carbocycles. The van der Waals surface area contributed by atoms with Crippen molar-refractivity contribution in [3.63, 3.8) is 0 Å². The lowest BCUT2D eigenvalue weighted by molar-refractivity contribution is -0.150. The Morgan fingerprint density at radius 3 is 2.52 bits per heavy atom. The Morgan fingerprint density at radius 2 is 1.86 bits per heavy atom. The number of amides is 5. The van der Waals surface area contributed by atoms with E-state index in [0.717, 1.165) is 28.4 Å². The lowest BCUT2D eigenvalue weighted by Crippen LogP contribution is -2.71. The number of thioether (sulfide) groups is 2. The quantitative estimate of drug-likeness (QED) is 0.0222. The molecule has 2 atom stereocenters. The number of hydrogen-bond acceptors (Lipinski definition) is 18. The van der Waals surface area contributed by atoms with E-state index >= 15 is 0 Å². The van der Waals surface area contributed by atoms with Gasteiger partial charge in [0.2, 0.25) is 11.4 Å². The average Bonchev–Trinajstić information content (AvgIpc) is 3.78. The maximum atomic E-state index is 13.7. The number of hydrogen-bond donors (Lipinski definition) is 8. The molecule has 3 aromatic heterocycles. The van der Waals surface area contributed by atoms with E-state index in [1.807, 2.05) is 0 Å². The van der Waals surface area contributed by atoms with Gasteiger partial charge in [-0.25, -0.2) is 14.8 Å². The van der Waals surface area contributed by atoms with Gasteiger partial charge in [-0.2, -0.15) is 9.50 Å². The van der Waals surface area contributed by atoms with E-state index in [0.29, 0.717) is 16.3 Å². The number of oxime groups is 1. The standard InChI is InChI=1S/C31H30N12O10S3/c1-11-6-17(43-30(34-11)37-22(40-43)21(32)46)54-8-13-9-55-26-19(25(49)42(26)20(13)27(50)51)36-24(48)18(14-10-56-29(33)35-14)41-53-31(2,3)28(52)39-38-23(47)12-4-5-15(44)16(45)7-12/h4-7,10,19,26,44-45H,8-9H2,1-3H3,(H2,32,46)(H2,33,35)(H,36,48)(H,38,47)(H,39,52)(H,50,51)/b41-18-/t19-,26-/m1/s1. The van der Waals surface area contributed by atoms with Crippen LogP contribution in [-0.2, 0) is 24.0 Å². The van der Waals surface area contributed by atoms with Crippen molar-refractivity contribution in [2.75, 3.05) is 17.2 Å². The van der Waals surface area contributed by atoms with E-state index in [1.165, 1.54) is 53.3 Å². The second-order valence-corrected chi connectivity index (χ2v) is 15.4. The van der Waals surface area contributed by atoms with Crippen molar-refractivity contribution in [1.82, 2.24) is 45.6 Å². The number of nitrogens with zero attached hydrogens (tertiary/aromatic N) is 7. The van der Waals surface area contributed by atoms with E-state index < -0.39 is 69.7 Å². The molecule has 10 N–H and O–H groups in total. The molecule has 56 heavy (non-hydrogen) atoms. The summed E-state index contributed by atoms with van der Waals surface area (Å²) in [6.07, 6.45) is 0. The summed E-state index contributed by atoms with van der Waals surface area (Å²) < 4.78 is 1.31. The highest BCUT2D eigenvalue weighted by molar-refractivity contribution is 8.01. The van der Waals surface area contributed by atoms with Gasteiger partial charge in [0.15, 0.2) is 22.3 Å². The second-order valence-electron chi connectivity index (χ2n) is 12.4. The Hall–Kier alpha value is -6.47. The molecular formula is C31H30N12O10S3. The number of nitrogen functional groups attached to an aromatic ring is 1. The SMILES string of the molecule is Cc1cc(SCC2=C(C(=O)O)N3C(=O)[C@@H](NC(=O)/C(=N\OC(C)(C)C(=O)NNC(=O)c4ccc(O)c(O)c4)c4csc(N)n4)[C@H]3SC2)n2nc(C(N)=O)nc2n1. The number of aliphatic carboxylic acids is 1. The number of primary amides is 1. The van der Waals surface area contributed by atoms with Crippen LogP contribution in [0.15, 0.2) is 51.1 Å². The number of thiazole rings is 1. The summed E-state index contributed by atoms with van der Waals surface area (Å²) in [5.74, 6) is -6.46. The number of hydrazine groups is 1.